The normalized spacial score (nSPS) is 37.1. The topological polar surface area (TPSA) is 99.1 Å². The molecular weight excluding hydrogens is 588 g/mol. The van der Waals surface area contributed by atoms with Gasteiger partial charge in [-0.2, -0.15) is 0 Å². The second kappa shape index (κ2) is 16.0. The Hall–Kier alpha value is -1.60. The first kappa shape index (κ1) is 36.7. The van der Waals surface area contributed by atoms with Gasteiger partial charge >= 0.3 is 6.09 Å². The van der Waals surface area contributed by atoms with Crippen LogP contribution in [-0.2, 0) is 9.53 Å². The van der Waals surface area contributed by atoms with E-state index in [0.29, 0.717) is 31.3 Å². The highest BCUT2D eigenvalue weighted by Gasteiger charge is 2.59. The monoisotopic (exact) mass is 657 g/mol. The smallest absolute Gasteiger partial charge is 0.407 e. The lowest BCUT2D eigenvalue weighted by molar-refractivity contribution is -0.133. The first-order valence-corrected chi connectivity index (χ1v) is 19.6. The average molecular weight is 657 g/mol. The van der Waals surface area contributed by atoms with Gasteiger partial charge in [0, 0.05) is 38.5 Å². The molecule has 0 aromatic rings. The third kappa shape index (κ3) is 8.08. The van der Waals surface area contributed by atoms with Crippen LogP contribution >= 0.6 is 0 Å². The summed E-state index contributed by atoms with van der Waals surface area (Å²) in [6.07, 6.45) is 19.7. The molecule has 0 radical (unpaired) electrons. The second-order valence-electron chi connectivity index (χ2n) is 17.5. The van der Waals surface area contributed by atoms with Crippen LogP contribution in [0.2, 0.25) is 0 Å². The largest absolute Gasteiger partial charge is 0.446 e. The van der Waals surface area contributed by atoms with Gasteiger partial charge < -0.3 is 25.2 Å². The number of likely N-dealkylation sites (tertiary alicyclic amines) is 1. The Morgan fingerprint density at radius 1 is 0.979 bits per heavy atom. The summed E-state index contributed by atoms with van der Waals surface area (Å²) in [5.74, 6) is 5.11. The molecule has 1 heterocycles. The molecule has 4 aliphatic carbocycles. The number of nitrogens with one attached hydrogen (secondary N) is 1. The molecule has 47 heavy (non-hydrogen) atoms. The zero-order chi connectivity index (χ0) is 33.8. The molecule has 7 heteroatoms. The van der Waals surface area contributed by atoms with Crippen molar-refractivity contribution in [3.63, 3.8) is 0 Å². The third-order valence-corrected chi connectivity index (χ3v) is 14.2. The van der Waals surface area contributed by atoms with Gasteiger partial charge in [-0.15, -0.1) is 0 Å². The zero-order valence-electron chi connectivity index (χ0n) is 30.5. The lowest BCUT2D eigenvalue weighted by Crippen LogP contribution is -2.51. The summed E-state index contributed by atoms with van der Waals surface area (Å²) < 4.78 is 5.96. The number of amides is 2. The molecule has 7 nitrogen and oxygen atoms in total. The first-order valence-electron chi connectivity index (χ1n) is 19.6. The fourth-order valence-corrected chi connectivity index (χ4v) is 11.5. The molecule has 3 N–H and O–H groups in total. The van der Waals surface area contributed by atoms with Gasteiger partial charge in [-0.25, -0.2) is 4.79 Å². The number of rotatable bonds is 14. The minimum Gasteiger partial charge on any atom is -0.446 e. The number of carbonyl (C=O) groups is 2. The Bertz CT molecular complexity index is 1090. The number of aliphatic hydroxyl groups is 2. The molecule has 2 amide bonds. The highest BCUT2D eigenvalue weighted by molar-refractivity contribution is 5.76. The molecule has 10 atom stereocenters. The number of hydrogen-bond acceptors (Lipinski definition) is 5. The Morgan fingerprint density at radius 2 is 1.79 bits per heavy atom. The van der Waals surface area contributed by atoms with Gasteiger partial charge in [-0.3, -0.25) is 4.79 Å². The fourth-order valence-electron chi connectivity index (χ4n) is 11.5. The van der Waals surface area contributed by atoms with Crippen molar-refractivity contribution < 1.29 is 24.5 Å². The summed E-state index contributed by atoms with van der Waals surface area (Å²) in [6.45, 7) is 13.6. The molecule has 0 bridgehead atoms. The molecule has 3 saturated carbocycles. The fraction of sp³-hybridized carbons (Fsp3) is 0.900. The second-order valence-corrected chi connectivity index (χ2v) is 17.5. The molecule has 4 fully saturated rings. The Balaban J connectivity index is 1.03. The van der Waals surface area contributed by atoms with E-state index in [1.165, 1.54) is 51.4 Å². The van der Waals surface area contributed by atoms with E-state index in [1.54, 1.807) is 10.5 Å². The van der Waals surface area contributed by atoms with E-state index in [9.17, 15) is 19.8 Å². The number of hydrogen-bond donors (Lipinski definition) is 3. The van der Waals surface area contributed by atoms with Gasteiger partial charge in [0.05, 0.1) is 12.6 Å². The number of aliphatic hydroxyl groups excluding tert-OH is 2. The van der Waals surface area contributed by atoms with Gasteiger partial charge in [0.25, 0.3) is 0 Å². The van der Waals surface area contributed by atoms with Crippen LogP contribution in [-0.4, -0.2) is 65.6 Å². The van der Waals surface area contributed by atoms with Gasteiger partial charge in [-0.05, 0) is 111 Å². The molecule has 1 saturated heterocycles. The Labute approximate surface area is 286 Å². The van der Waals surface area contributed by atoms with Gasteiger partial charge in [0.2, 0.25) is 5.91 Å². The van der Waals surface area contributed by atoms with E-state index >= 15 is 0 Å². The third-order valence-electron chi connectivity index (χ3n) is 14.2. The summed E-state index contributed by atoms with van der Waals surface area (Å²) in [7, 11) is 0. The quantitative estimate of drug-likeness (QED) is 0.131. The predicted octanol–water partition coefficient (Wildman–Crippen LogP) is 7.88. The Morgan fingerprint density at radius 3 is 2.53 bits per heavy atom. The number of alkyl carbamates (subject to hydrolysis) is 1. The number of carbonyl (C=O) groups excluding carboxylic acids is 2. The molecular formula is C40H68N2O5. The van der Waals surface area contributed by atoms with Gasteiger partial charge in [0.15, 0.2) is 0 Å². The molecule has 1 aliphatic heterocycles. The maximum atomic E-state index is 12.7. The molecule has 0 spiro atoms. The lowest BCUT2D eigenvalue weighted by Gasteiger charge is -2.58. The van der Waals surface area contributed by atoms with Gasteiger partial charge in [-0.1, -0.05) is 72.0 Å². The lowest BCUT2D eigenvalue weighted by atomic mass is 9.47. The number of ether oxygens (including phenoxy) is 1. The maximum absolute atomic E-state index is 12.7. The van der Waals surface area contributed by atoms with Crippen molar-refractivity contribution in [2.45, 2.75) is 149 Å². The van der Waals surface area contributed by atoms with Crippen molar-refractivity contribution in [1.82, 2.24) is 10.2 Å². The molecule has 0 aromatic carbocycles. The molecule has 5 aliphatic rings. The van der Waals surface area contributed by atoms with Crippen molar-refractivity contribution in [3.05, 3.63) is 11.6 Å². The maximum Gasteiger partial charge on any atom is 0.407 e. The van der Waals surface area contributed by atoms with Crippen LogP contribution in [0.15, 0.2) is 11.6 Å². The van der Waals surface area contributed by atoms with E-state index in [-0.39, 0.29) is 48.7 Å². The summed E-state index contributed by atoms with van der Waals surface area (Å²) in [6, 6.07) is -0.170. The van der Waals surface area contributed by atoms with Crippen LogP contribution in [0.1, 0.15) is 137 Å². The SMILES string of the molecule is CC(C)CCC[C@@H](C)[C@H]1CCC2C3CC=C4C[C@@H](OC(=O)NCCCCCC(=O)N5C[C@H](CO)C[C@H]5CO)CC[C@]4(C)C3CC[C@@]21C. The molecule has 5 rings (SSSR count). The van der Waals surface area contributed by atoms with E-state index in [2.05, 4.69) is 46.0 Å². The number of unbranched alkanes of at least 4 members (excludes halogenated alkanes) is 2. The summed E-state index contributed by atoms with van der Waals surface area (Å²) in [4.78, 5) is 27.1. The summed E-state index contributed by atoms with van der Waals surface area (Å²) in [5.41, 5.74) is 2.32. The van der Waals surface area contributed by atoms with Crippen molar-refractivity contribution in [3.8, 4) is 0 Å². The average Bonchev–Trinajstić information content (AvgIpc) is 3.63. The first-order chi connectivity index (χ1) is 22.5. The predicted molar refractivity (Wildman–Crippen MR) is 188 cm³/mol. The highest BCUT2D eigenvalue weighted by Crippen LogP contribution is 2.67. The van der Waals surface area contributed by atoms with E-state index in [4.69, 9.17) is 4.74 Å². The number of fused-ring (bicyclic) bond motifs is 5. The Kier molecular flexibility index (Phi) is 12.4. The minimum absolute atomic E-state index is 0.0393. The summed E-state index contributed by atoms with van der Waals surface area (Å²) in [5, 5.41) is 22.0. The van der Waals surface area contributed by atoms with E-state index < -0.39 is 0 Å². The summed E-state index contributed by atoms with van der Waals surface area (Å²) >= 11 is 0. The van der Waals surface area contributed by atoms with Crippen molar-refractivity contribution in [2.24, 2.45) is 52.3 Å². The molecule has 3 unspecified atom stereocenters. The number of allylic oxidation sites excluding steroid dienone is 1. The van der Waals surface area contributed by atoms with Crippen molar-refractivity contribution in [2.75, 3.05) is 26.3 Å². The van der Waals surface area contributed by atoms with Crippen LogP contribution in [0.5, 0.6) is 0 Å². The standard InChI is InChI=1S/C40H68N2O5/c1-27(2)10-9-11-28(3)34-15-16-35-33-14-13-30-23-32(17-19-39(30,4)36(33)18-20-40(34,35)5)47-38(46)41-21-8-6-7-12-37(45)42-24-29(25-43)22-31(42)26-44/h13,27-29,31-36,43-44H,6-12,14-26H2,1-5H3,(H,41,46)/t28-,29-,31+,32+,33?,34-,35?,36?,39+,40-/m1/s1. The van der Waals surface area contributed by atoms with Crippen molar-refractivity contribution in [1.29, 1.82) is 0 Å². The van der Waals surface area contributed by atoms with Gasteiger partial charge in [0.1, 0.15) is 6.10 Å². The molecule has 268 valence electrons. The van der Waals surface area contributed by atoms with Crippen LogP contribution < -0.4 is 5.32 Å². The van der Waals surface area contributed by atoms with Crippen LogP contribution in [0.25, 0.3) is 0 Å². The van der Waals surface area contributed by atoms with E-state index in [0.717, 1.165) is 74.0 Å². The van der Waals surface area contributed by atoms with Crippen LogP contribution in [0, 0.1) is 52.3 Å². The molecule has 0 aromatic heterocycles. The zero-order valence-corrected chi connectivity index (χ0v) is 30.5. The van der Waals surface area contributed by atoms with E-state index in [1.807, 2.05) is 0 Å². The minimum atomic E-state index is -0.310. The number of nitrogens with zero attached hydrogens (tertiary/aromatic N) is 1. The highest BCUT2D eigenvalue weighted by atomic mass is 16.6. The van der Waals surface area contributed by atoms with Crippen LogP contribution in [0.3, 0.4) is 0 Å². The van der Waals surface area contributed by atoms with Crippen molar-refractivity contribution >= 4 is 12.0 Å². The van der Waals surface area contributed by atoms with Crippen LogP contribution in [0.4, 0.5) is 4.79 Å².